The van der Waals surface area contributed by atoms with Gasteiger partial charge in [-0.3, -0.25) is 19.6 Å². The molecule has 0 aromatic carbocycles. The standard InChI is InChI=1S/C20H32N4O2/c1-15-13-22-17(16(2)18(15)26-3)14-23-11-7-20(8-12-23,19(21)25)24-9-5-4-6-10-24/h13H,4-12,14H2,1-3H3,(H2,21,25). The molecule has 144 valence electrons. The SMILES string of the molecule is COc1c(C)cnc(CN2CCC(C(N)=O)(N3CCCCC3)CC2)c1C. The van der Waals surface area contributed by atoms with Crippen molar-refractivity contribution in [3.05, 3.63) is 23.0 Å². The fourth-order valence-corrected chi connectivity index (χ4v) is 4.56. The Morgan fingerprint density at radius 3 is 2.42 bits per heavy atom. The molecule has 0 saturated carbocycles. The van der Waals surface area contributed by atoms with E-state index in [-0.39, 0.29) is 5.91 Å². The Balaban J connectivity index is 1.69. The van der Waals surface area contributed by atoms with E-state index in [1.807, 2.05) is 13.1 Å². The molecule has 0 unspecified atom stereocenters. The molecule has 0 spiro atoms. The maximum atomic E-state index is 12.3. The molecule has 1 aromatic rings. The molecule has 2 aliphatic heterocycles. The predicted octanol–water partition coefficient (Wildman–Crippen LogP) is 2.01. The molecular formula is C20H32N4O2. The molecule has 0 aliphatic carbocycles. The largest absolute Gasteiger partial charge is 0.496 e. The highest BCUT2D eigenvalue weighted by Gasteiger charge is 2.45. The van der Waals surface area contributed by atoms with Gasteiger partial charge < -0.3 is 10.5 Å². The van der Waals surface area contributed by atoms with Gasteiger partial charge in [0, 0.05) is 37.0 Å². The minimum Gasteiger partial charge on any atom is -0.496 e. The van der Waals surface area contributed by atoms with Crippen molar-refractivity contribution in [1.82, 2.24) is 14.8 Å². The van der Waals surface area contributed by atoms with E-state index in [0.29, 0.717) is 0 Å². The van der Waals surface area contributed by atoms with Crippen LogP contribution in [0, 0.1) is 13.8 Å². The van der Waals surface area contributed by atoms with Gasteiger partial charge in [0.15, 0.2) is 0 Å². The third kappa shape index (κ3) is 3.58. The minimum absolute atomic E-state index is 0.148. The number of ether oxygens (including phenoxy) is 1. The van der Waals surface area contributed by atoms with Gasteiger partial charge >= 0.3 is 0 Å². The van der Waals surface area contributed by atoms with Gasteiger partial charge in [-0.05, 0) is 52.6 Å². The monoisotopic (exact) mass is 360 g/mol. The third-order valence-corrected chi connectivity index (χ3v) is 6.23. The van der Waals surface area contributed by atoms with Crippen molar-refractivity contribution in [3.8, 4) is 5.75 Å². The fourth-order valence-electron chi connectivity index (χ4n) is 4.56. The average molecular weight is 361 g/mol. The normalized spacial score (nSPS) is 21.5. The molecule has 0 radical (unpaired) electrons. The van der Waals surface area contributed by atoms with Crippen LogP contribution in [0.15, 0.2) is 6.20 Å². The van der Waals surface area contributed by atoms with E-state index in [2.05, 4.69) is 21.7 Å². The number of piperidine rings is 2. The number of pyridine rings is 1. The molecule has 1 aromatic heterocycles. The van der Waals surface area contributed by atoms with E-state index in [9.17, 15) is 4.79 Å². The number of rotatable bonds is 5. The van der Waals surface area contributed by atoms with Crippen LogP contribution >= 0.6 is 0 Å². The zero-order valence-electron chi connectivity index (χ0n) is 16.4. The summed E-state index contributed by atoms with van der Waals surface area (Å²) in [7, 11) is 1.71. The van der Waals surface area contributed by atoms with Crippen LogP contribution in [-0.2, 0) is 11.3 Å². The maximum Gasteiger partial charge on any atom is 0.238 e. The lowest BCUT2D eigenvalue weighted by atomic mass is 9.83. The van der Waals surface area contributed by atoms with Crippen molar-refractivity contribution < 1.29 is 9.53 Å². The van der Waals surface area contributed by atoms with Gasteiger partial charge in [-0.15, -0.1) is 0 Å². The van der Waals surface area contributed by atoms with Crippen molar-refractivity contribution in [3.63, 3.8) is 0 Å². The highest BCUT2D eigenvalue weighted by molar-refractivity contribution is 5.84. The fraction of sp³-hybridized carbons (Fsp3) is 0.700. The number of amides is 1. The van der Waals surface area contributed by atoms with Crippen LogP contribution in [0.2, 0.25) is 0 Å². The minimum atomic E-state index is -0.454. The third-order valence-electron chi connectivity index (χ3n) is 6.23. The van der Waals surface area contributed by atoms with Crippen LogP contribution in [-0.4, -0.2) is 59.5 Å². The lowest BCUT2D eigenvalue weighted by Crippen LogP contribution is -2.63. The number of aryl methyl sites for hydroxylation is 1. The summed E-state index contributed by atoms with van der Waals surface area (Å²) in [6.07, 6.45) is 7.11. The quantitative estimate of drug-likeness (QED) is 0.870. The lowest BCUT2D eigenvalue weighted by Gasteiger charge is -2.48. The topological polar surface area (TPSA) is 71.7 Å². The summed E-state index contributed by atoms with van der Waals surface area (Å²) >= 11 is 0. The zero-order chi connectivity index (χ0) is 18.7. The Hall–Kier alpha value is -1.66. The Morgan fingerprint density at radius 2 is 1.85 bits per heavy atom. The van der Waals surface area contributed by atoms with E-state index in [1.54, 1.807) is 7.11 Å². The predicted molar refractivity (Wildman–Crippen MR) is 102 cm³/mol. The molecule has 0 atom stereocenters. The van der Waals surface area contributed by atoms with Crippen molar-refractivity contribution in [2.45, 2.75) is 58.0 Å². The maximum absolute atomic E-state index is 12.3. The van der Waals surface area contributed by atoms with Crippen LogP contribution < -0.4 is 10.5 Å². The van der Waals surface area contributed by atoms with Crippen molar-refractivity contribution in [1.29, 1.82) is 0 Å². The first-order valence-corrected chi connectivity index (χ1v) is 9.74. The summed E-state index contributed by atoms with van der Waals surface area (Å²) in [4.78, 5) is 21.7. The van der Waals surface area contributed by atoms with Crippen LogP contribution in [0.3, 0.4) is 0 Å². The van der Waals surface area contributed by atoms with Crippen LogP contribution in [0.4, 0.5) is 0 Å². The van der Waals surface area contributed by atoms with Gasteiger partial charge in [-0.1, -0.05) is 6.42 Å². The number of nitrogens with zero attached hydrogens (tertiary/aromatic N) is 3. The number of carbonyl (C=O) groups is 1. The Labute approximate surface area is 156 Å². The summed E-state index contributed by atoms with van der Waals surface area (Å²) < 4.78 is 5.52. The number of hydrogen-bond acceptors (Lipinski definition) is 5. The summed E-state index contributed by atoms with van der Waals surface area (Å²) in [6.45, 7) is 8.62. The van der Waals surface area contributed by atoms with Gasteiger partial charge in [0.1, 0.15) is 11.3 Å². The summed E-state index contributed by atoms with van der Waals surface area (Å²) in [5.41, 5.74) is 8.65. The summed E-state index contributed by atoms with van der Waals surface area (Å²) in [6, 6.07) is 0. The molecule has 2 N–H and O–H groups in total. The number of methoxy groups -OCH3 is 1. The van der Waals surface area contributed by atoms with E-state index in [1.165, 1.54) is 19.3 Å². The molecule has 2 fully saturated rings. The first-order valence-electron chi connectivity index (χ1n) is 9.74. The molecule has 3 heterocycles. The van der Waals surface area contributed by atoms with Gasteiger partial charge in [0.25, 0.3) is 0 Å². The molecule has 6 heteroatoms. The smallest absolute Gasteiger partial charge is 0.238 e. The number of likely N-dealkylation sites (tertiary alicyclic amines) is 2. The molecule has 2 saturated heterocycles. The molecule has 1 amide bonds. The van der Waals surface area contributed by atoms with E-state index >= 15 is 0 Å². The second-order valence-electron chi connectivity index (χ2n) is 7.77. The second kappa shape index (κ2) is 7.92. The van der Waals surface area contributed by atoms with Crippen molar-refractivity contribution in [2.75, 3.05) is 33.3 Å². The molecule has 2 aliphatic rings. The highest BCUT2D eigenvalue weighted by Crippen LogP contribution is 2.32. The number of hydrogen-bond donors (Lipinski definition) is 1. The molecule has 26 heavy (non-hydrogen) atoms. The second-order valence-corrected chi connectivity index (χ2v) is 7.77. The molecular weight excluding hydrogens is 328 g/mol. The van der Waals surface area contributed by atoms with Crippen LogP contribution in [0.1, 0.15) is 48.9 Å². The highest BCUT2D eigenvalue weighted by atomic mass is 16.5. The Morgan fingerprint density at radius 1 is 1.19 bits per heavy atom. The first kappa shape index (κ1) is 19.1. The Bertz CT molecular complexity index is 647. The lowest BCUT2D eigenvalue weighted by molar-refractivity contribution is -0.135. The number of carbonyl (C=O) groups excluding carboxylic acids is 1. The number of nitrogens with two attached hydrogens (primary N) is 1. The van der Waals surface area contributed by atoms with Crippen molar-refractivity contribution in [2.24, 2.45) is 5.73 Å². The van der Waals surface area contributed by atoms with Gasteiger partial charge in [-0.2, -0.15) is 0 Å². The number of aromatic nitrogens is 1. The van der Waals surface area contributed by atoms with Crippen molar-refractivity contribution >= 4 is 5.91 Å². The molecule has 6 nitrogen and oxygen atoms in total. The average Bonchev–Trinajstić information content (AvgIpc) is 2.66. The van der Waals surface area contributed by atoms with E-state index in [0.717, 1.165) is 68.1 Å². The summed E-state index contributed by atoms with van der Waals surface area (Å²) in [5, 5.41) is 0. The van der Waals surface area contributed by atoms with E-state index in [4.69, 9.17) is 10.5 Å². The van der Waals surface area contributed by atoms with Crippen LogP contribution in [0.25, 0.3) is 0 Å². The van der Waals surface area contributed by atoms with Gasteiger partial charge in [0.05, 0.1) is 12.8 Å². The molecule has 0 bridgehead atoms. The first-order chi connectivity index (χ1) is 12.5. The Kier molecular flexibility index (Phi) is 5.82. The number of primary amides is 1. The molecule has 3 rings (SSSR count). The zero-order valence-corrected chi connectivity index (χ0v) is 16.4. The van der Waals surface area contributed by atoms with Gasteiger partial charge in [-0.25, -0.2) is 0 Å². The van der Waals surface area contributed by atoms with E-state index < -0.39 is 5.54 Å². The van der Waals surface area contributed by atoms with Gasteiger partial charge in [0.2, 0.25) is 5.91 Å². The van der Waals surface area contributed by atoms with Crippen LogP contribution in [0.5, 0.6) is 5.75 Å². The summed E-state index contributed by atoms with van der Waals surface area (Å²) in [5.74, 6) is 0.775.